The number of nitrogens with zero attached hydrogens (tertiary/aromatic N) is 1. The first-order valence-electron chi connectivity index (χ1n) is 26.0. The first-order valence-corrected chi connectivity index (χ1v) is 26.0. The molecule has 12 aromatic carbocycles. The van der Waals surface area contributed by atoms with Crippen molar-refractivity contribution in [2.24, 2.45) is 0 Å². The molecule has 0 spiro atoms. The van der Waals surface area contributed by atoms with Crippen molar-refractivity contribution in [1.29, 1.82) is 0 Å². The Kier molecular flexibility index (Phi) is 10.1. The van der Waals surface area contributed by atoms with Gasteiger partial charge in [0.1, 0.15) is 22.3 Å². The van der Waals surface area contributed by atoms with E-state index in [1.807, 2.05) is 24.3 Å². The Morgan fingerprint density at radius 1 is 0.237 bits per heavy atom. The van der Waals surface area contributed by atoms with Crippen LogP contribution in [0.2, 0.25) is 0 Å². The van der Waals surface area contributed by atoms with Crippen molar-refractivity contribution in [1.82, 2.24) is 0 Å². The molecular formula is C73H47NO2. The van der Waals surface area contributed by atoms with Gasteiger partial charge in [-0.15, -0.1) is 0 Å². The highest BCUT2D eigenvalue weighted by atomic mass is 16.3. The van der Waals surface area contributed by atoms with Crippen molar-refractivity contribution in [3.63, 3.8) is 0 Å². The fourth-order valence-electron chi connectivity index (χ4n) is 12.2. The van der Waals surface area contributed by atoms with Gasteiger partial charge in [0.25, 0.3) is 0 Å². The SMILES string of the molecule is c1ccc(C2(c3ccccc3)c3ccccc3-c3cc(-c4ccc(-c5cccc(N(c6ccc(-c7ccc8oc9ccccc9c8c7)cc6)c6ccc(-c7ccc8oc9ccccc9c8c7)cc6)c5)cc4)ccc32)cc1. The Bertz CT molecular complexity index is 4290. The third-order valence-electron chi connectivity index (χ3n) is 15.8. The Morgan fingerprint density at radius 2 is 0.645 bits per heavy atom. The molecule has 3 heteroatoms. The second kappa shape index (κ2) is 17.6. The Labute approximate surface area is 440 Å². The molecule has 2 heterocycles. The molecule has 76 heavy (non-hydrogen) atoms. The van der Waals surface area contributed by atoms with Crippen LogP contribution in [0, 0.1) is 0 Å². The highest BCUT2D eigenvalue weighted by Gasteiger charge is 2.46. The first-order chi connectivity index (χ1) is 37.6. The number of benzene rings is 12. The smallest absolute Gasteiger partial charge is 0.135 e. The summed E-state index contributed by atoms with van der Waals surface area (Å²) in [5, 5.41) is 4.50. The molecule has 356 valence electrons. The number of hydrogen-bond donors (Lipinski definition) is 0. The number of rotatable bonds is 9. The fraction of sp³-hybridized carbons (Fsp3) is 0.0137. The van der Waals surface area contributed by atoms with E-state index < -0.39 is 5.41 Å². The monoisotopic (exact) mass is 969 g/mol. The van der Waals surface area contributed by atoms with Crippen LogP contribution in [0.5, 0.6) is 0 Å². The van der Waals surface area contributed by atoms with Crippen LogP contribution in [-0.2, 0) is 5.41 Å². The lowest BCUT2D eigenvalue weighted by atomic mass is 9.67. The molecule has 0 amide bonds. The predicted octanol–water partition coefficient (Wildman–Crippen LogP) is 20.0. The summed E-state index contributed by atoms with van der Waals surface area (Å²) in [6.45, 7) is 0. The topological polar surface area (TPSA) is 29.5 Å². The lowest BCUT2D eigenvalue weighted by Crippen LogP contribution is -2.28. The molecule has 1 aliphatic rings. The summed E-state index contributed by atoms with van der Waals surface area (Å²) in [5.41, 5.74) is 23.3. The Balaban J connectivity index is 0.784. The zero-order valence-corrected chi connectivity index (χ0v) is 41.4. The van der Waals surface area contributed by atoms with E-state index in [9.17, 15) is 0 Å². The van der Waals surface area contributed by atoms with Crippen LogP contribution in [0.15, 0.2) is 294 Å². The maximum Gasteiger partial charge on any atom is 0.135 e. The molecule has 0 unspecified atom stereocenters. The van der Waals surface area contributed by atoms with Crippen molar-refractivity contribution in [3.8, 4) is 55.6 Å². The summed E-state index contributed by atoms with van der Waals surface area (Å²) in [5.74, 6) is 0. The van der Waals surface area contributed by atoms with Crippen LogP contribution in [0.25, 0.3) is 99.5 Å². The second-order valence-corrected chi connectivity index (χ2v) is 20.0. The van der Waals surface area contributed by atoms with Crippen LogP contribution in [0.4, 0.5) is 17.1 Å². The average Bonchev–Trinajstić information content (AvgIpc) is 4.21. The van der Waals surface area contributed by atoms with Crippen LogP contribution >= 0.6 is 0 Å². The normalized spacial score (nSPS) is 12.6. The minimum Gasteiger partial charge on any atom is -0.456 e. The third kappa shape index (κ3) is 7.05. The van der Waals surface area contributed by atoms with Crippen molar-refractivity contribution in [2.45, 2.75) is 5.41 Å². The van der Waals surface area contributed by atoms with E-state index in [1.54, 1.807) is 0 Å². The number of fused-ring (bicyclic) bond motifs is 9. The van der Waals surface area contributed by atoms with Gasteiger partial charge in [0, 0.05) is 38.6 Å². The van der Waals surface area contributed by atoms with E-state index in [4.69, 9.17) is 8.83 Å². The summed E-state index contributed by atoms with van der Waals surface area (Å²) in [6.07, 6.45) is 0. The zero-order chi connectivity index (χ0) is 50.2. The molecule has 1 aliphatic carbocycles. The van der Waals surface area contributed by atoms with Gasteiger partial charge in [0.05, 0.1) is 5.41 Å². The van der Waals surface area contributed by atoms with E-state index in [0.29, 0.717) is 0 Å². The van der Waals surface area contributed by atoms with Crippen LogP contribution in [-0.4, -0.2) is 0 Å². The van der Waals surface area contributed by atoms with Gasteiger partial charge < -0.3 is 13.7 Å². The lowest BCUT2D eigenvalue weighted by molar-refractivity contribution is 0.668. The number of furan rings is 2. The lowest BCUT2D eigenvalue weighted by Gasteiger charge is -2.33. The summed E-state index contributed by atoms with van der Waals surface area (Å²) >= 11 is 0. The molecule has 0 aliphatic heterocycles. The van der Waals surface area contributed by atoms with Crippen LogP contribution in [0.3, 0.4) is 0 Å². The van der Waals surface area contributed by atoms with Crippen LogP contribution < -0.4 is 4.90 Å². The number of hydrogen-bond acceptors (Lipinski definition) is 3. The fourth-order valence-corrected chi connectivity index (χ4v) is 12.2. The van der Waals surface area contributed by atoms with Gasteiger partial charge in [0.15, 0.2) is 0 Å². The van der Waals surface area contributed by atoms with Gasteiger partial charge in [-0.25, -0.2) is 0 Å². The maximum atomic E-state index is 6.17. The molecule has 14 aromatic rings. The van der Waals surface area contributed by atoms with E-state index in [1.165, 1.54) is 44.5 Å². The van der Waals surface area contributed by atoms with E-state index in [0.717, 1.165) is 94.3 Å². The maximum absolute atomic E-state index is 6.17. The van der Waals surface area contributed by atoms with Gasteiger partial charge in [-0.05, 0) is 157 Å². The largest absolute Gasteiger partial charge is 0.456 e. The van der Waals surface area contributed by atoms with Crippen molar-refractivity contribution in [2.75, 3.05) is 4.90 Å². The Hall–Kier alpha value is -9.96. The molecule has 0 saturated carbocycles. The van der Waals surface area contributed by atoms with Crippen molar-refractivity contribution >= 4 is 60.9 Å². The second-order valence-electron chi connectivity index (χ2n) is 20.0. The summed E-state index contributed by atoms with van der Waals surface area (Å²) in [4.78, 5) is 2.36. The van der Waals surface area contributed by atoms with Crippen molar-refractivity contribution in [3.05, 3.63) is 307 Å². The van der Waals surface area contributed by atoms with Gasteiger partial charge in [-0.1, -0.05) is 206 Å². The molecule has 0 atom stereocenters. The molecule has 3 nitrogen and oxygen atoms in total. The minimum atomic E-state index is -0.420. The summed E-state index contributed by atoms with van der Waals surface area (Å²) in [7, 11) is 0. The zero-order valence-electron chi connectivity index (χ0n) is 41.4. The van der Waals surface area contributed by atoms with Gasteiger partial charge in [0.2, 0.25) is 0 Å². The highest BCUT2D eigenvalue weighted by molar-refractivity contribution is 6.07. The summed E-state index contributed by atoms with van der Waals surface area (Å²) in [6, 6.07) is 103. The predicted molar refractivity (Wildman–Crippen MR) is 315 cm³/mol. The standard InChI is InChI=1S/C73H47NO2/c1-3-15-56(16-4-1)73(57-17-5-2-6-18-57)67-23-10-7-20-61(67)64-45-53(34-41-68(64)73)49-28-26-48(27-29-49)52-14-13-19-60(44-52)74(58-37-30-50(31-38-58)54-35-42-71-65(46-54)62-21-8-11-24-69(62)75-71)59-39-32-51(33-40-59)55-36-43-72-66(47-55)63-22-9-12-25-70(63)76-72/h1-47H. The molecule has 0 N–H and O–H groups in total. The molecule has 0 bridgehead atoms. The minimum absolute atomic E-state index is 0.420. The van der Waals surface area contributed by atoms with Gasteiger partial charge >= 0.3 is 0 Å². The van der Waals surface area contributed by atoms with Gasteiger partial charge in [-0.2, -0.15) is 0 Å². The quantitative estimate of drug-likeness (QED) is 0.144. The van der Waals surface area contributed by atoms with Gasteiger partial charge in [-0.3, -0.25) is 0 Å². The average molecular weight is 970 g/mol. The van der Waals surface area contributed by atoms with E-state index in [-0.39, 0.29) is 0 Å². The molecular weight excluding hydrogens is 923 g/mol. The van der Waals surface area contributed by atoms with E-state index >= 15 is 0 Å². The van der Waals surface area contributed by atoms with Crippen molar-refractivity contribution < 1.29 is 8.83 Å². The Morgan fingerprint density at radius 3 is 1.20 bits per heavy atom. The number of para-hydroxylation sites is 2. The third-order valence-corrected chi connectivity index (χ3v) is 15.8. The first kappa shape index (κ1) is 43.6. The molecule has 0 fully saturated rings. The number of anilines is 3. The molecule has 0 saturated heterocycles. The molecule has 0 radical (unpaired) electrons. The van der Waals surface area contributed by atoms with Crippen LogP contribution in [0.1, 0.15) is 22.3 Å². The molecule has 2 aromatic heterocycles. The summed E-state index contributed by atoms with van der Waals surface area (Å²) < 4.78 is 12.3. The highest BCUT2D eigenvalue weighted by Crippen LogP contribution is 2.56. The van der Waals surface area contributed by atoms with E-state index in [2.05, 4.69) is 266 Å². The molecule has 15 rings (SSSR count).